The van der Waals surface area contributed by atoms with E-state index in [4.69, 9.17) is 28.9 Å². The maximum atomic E-state index is 11.8. The molecule has 3 N–H and O–H groups in total. The molecule has 4 nitrogen and oxygen atoms in total. The number of nitrogens with two attached hydrogens (primary N) is 1. The van der Waals surface area contributed by atoms with E-state index in [0.29, 0.717) is 34.5 Å². The van der Waals surface area contributed by atoms with Crippen LogP contribution in [0.3, 0.4) is 0 Å². The summed E-state index contributed by atoms with van der Waals surface area (Å²) in [5.74, 6) is 0.00367. The fourth-order valence-electron chi connectivity index (χ4n) is 1.61. The molecule has 0 heterocycles. The third-order valence-electron chi connectivity index (χ3n) is 2.60. The number of nitrogen functional groups attached to an aromatic ring is 1. The van der Waals surface area contributed by atoms with Crippen LogP contribution >= 0.6 is 23.2 Å². The molecule has 0 bridgehead atoms. The van der Waals surface area contributed by atoms with Crippen LogP contribution in [0.15, 0.2) is 12.1 Å². The number of nitrogens with one attached hydrogen (secondary N) is 1. The molecular weight excluding hydrogens is 273 g/mol. The van der Waals surface area contributed by atoms with E-state index in [2.05, 4.69) is 5.32 Å². The lowest BCUT2D eigenvalue weighted by Gasteiger charge is -2.19. The maximum absolute atomic E-state index is 11.8. The summed E-state index contributed by atoms with van der Waals surface area (Å²) in [7, 11) is 0. The number of rotatable bonds is 5. The molecule has 0 spiro atoms. The molecule has 0 atom stereocenters. The van der Waals surface area contributed by atoms with Gasteiger partial charge in [0, 0.05) is 18.8 Å². The van der Waals surface area contributed by atoms with Crippen molar-refractivity contribution in [2.45, 2.75) is 13.8 Å². The van der Waals surface area contributed by atoms with Gasteiger partial charge in [-0.25, -0.2) is 0 Å². The van der Waals surface area contributed by atoms with Crippen LogP contribution in [0.1, 0.15) is 13.8 Å². The second kappa shape index (κ2) is 6.71. The van der Waals surface area contributed by atoms with Gasteiger partial charge in [-0.15, -0.1) is 0 Å². The van der Waals surface area contributed by atoms with E-state index in [0.717, 1.165) is 0 Å². The highest BCUT2D eigenvalue weighted by molar-refractivity contribution is 6.39. The number of benzene rings is 1. The highest BCUT2D eigenvalue weighted by atomic mass is 35.5. The Bertz CT molecular complexity index is 410. The molecule has 100 valence electrons. The Balaban J connectivity index is 2.72. The molecule has 1 aromatic rings. The van der Waals surface area contributed by atoms with Crippen molar-refractivity contribution < 1.29 is 4.79 Å². The molecule has 1 aromatic carbocycles. The molecule has 1 amide bonds. The molecule has 6 heteroatoms. The van der Waals surface area contributed by atoms with Gasteiger partial charge in [0.2, 0.25) is 5.91 Å². The summed E-state index contributed by atoms with van der Waals surface area (Å²) in [5.41, 5.74) is 6.63. The molecule has 0 aliphatic rings. The fraction of sp³-hybridized carbons (Fsp3) is 0.417. The van der Waals surface area contributed by atoms with Crippen LogP contribution < -0.4 is 11.1 Å². The molecule has 0 fully saturated rings. The van der Waals surface area contributed by atoms with Gasteiger partial charge in [-0.3, -0.25) is 4.79 Å². The summed E-state index contributed by atoms with van der Waals surface area (Å²) in [6.07, 6.45) is 0. The third-order valence-corrected chi connectivity index (χ3v) is 3.19. The van der Waals surface area contributed by atoms with E-state index < -0.39 is 0 Å². The Hall–Kier alpha value is -1.13. The standard InChI is InChI=1S/C12H17Cl2N3O/c1-3-17(4-2)11(18)7-16-12-9(13)5-8(15)6-10(12)14/h5-6,16H,3-4,7,15H2,1-2H3. The van der Waals surface area contributed by atoms with Crippen LogP contribution in [0, 0.1) is 0 Å². The third kappa shape index (κ3) is 3.68. The number of likely N-dealkylation sites (N-methyl/N-ethyl adjacent to an activating group) is 1. The summed E-state index contributed by atoms with van der Waals surface area (Å²) >= 11 is 12.0. The first kappa shape index (κ1) is 14.9. The van der Waals surface area contributed by atoms with Crippen LogP contribution in [0.2, 0.25) is 10.0 Å². The highest BCUT2D eigenvalue weighted by Gasteiger charge is 2.12. The average Bonchev–Trinajstić information content (AvgIpc) is 2.29. The van der Waals surface area contributed by atoms with Crippen LogP contribution in [0.25, 0.3) is 0 Å². The van der Waals surface area contributed by atoms with Crippen molar-refractivity contribution in [3.63, 3.8) is 0 Å². The SMILES string of the molecule is CCN(CC)C(=O)CNc1c(Cl)cc(N)cc1Cl. The van der Waals surface area contributed by atoms with Crippen molar-refractivity contribution in [3.8, 4) is 0 Å². The van der Waals surface area contributed by atoms with Crippen LogP contribution in [-0.4, -0.2) is 30.4 Å². The molecule has 0 aliphatic carbocycles. The topological polar surface area (TPSA) is 58.4 Å². The van der Waals surface area contributed by atoms with Crippen molar-refractivity contribution in [2.75, 3.05) is 30.7 Å². The molecule has 0 aromatic heterocycles. The summed E-state index contributed by atoms with van der Waals surface area (Å²) in [5, 5.41) is 3.77. The summed E-state index contributed by atoms with van der Waals surface area (Å²) in [4.78, 5) is 13.5. The van der Waals surface area contributed by atoms with Gasteiger partial charge < -0.3 is 16.0 Å². The normalized spacial score (nSPS) is 10.2. The zero-order valence-corrected chi connectivity index (χ0v) is 12.0. The molecule has 0 saturated heterocycles. The molecular formula is C12H17Cl2N3O. The second-order valence-electron chi connectivity index (χ2n) is 3.78. The van der Waals surface area contributed by atoms with E-state index in [1.165, 1.54) is 0 Å². The van der Waals surface area contributed by atoms with Crippen molar-refractivity contribution in [2.24, 2.45) is 0 Å². The first-order valence-corrected chi connectivity index (χ1v) is 6.51. The minimum atomic E-state index is 0.00367. The van der Waals surface area contributed by atoms with Gasteiger partial charge in [0.1, 0.15) is 0 Å². The quantitative estimate of drug-likeness (QED) is 0.820. The molecule has 1 rings (SSSR count). The lowest BCUT2D eigenvalue weighted by atomic mass is 10.2. The highest BCUT2D eigenvalue weighted by Crippen LogP contribution is 2.32. The van der Waals surface area contributed by atoms with Gasteiger partial charge in [0.15, 0.2) is 0 Å². The molecule has 0 aliphatic heterocycles. The summed E-state index contributed by atoms with van der Waals surface area (Å²) in [6, 6.07) is 3.19. The number of carbonyl (C=O) groups is 1. The zero-order chi connectivity index (χ0) is 13.7. The van der Waals surface area contributed by atoms with E-state index >= 15 is 0 Å². The van der Waals surface area contributed by atoms with Gasteiger partial charge in [-0.2, -0.15) is 0 Å². The molecule has 18 heavy (non-hydrogen) atoms. The fourth-order valence-corrected chi connectivity index (χ4v) is 2.25. The smallest absolute Gasteiger partial charge is 0.241 e. The minimum absolute atomic E-state index is 0.00367. The molecule has 0 unspecified atom stereocenters. The predicted octanol–water partition coefficient (Wildman–Crippen LogP) is 2.86. The number of amides is 1. The average molecular weight is 290 g/mol. The van der Waals surface area contributed by atoms with Gasteiger partial charge in [0.25, 0.3) is 0 Å². The number of carbonyl (C=O) groups excluding carboxylic acids is 1. The zero-order valence-electron chi connectivity index (χ0n) is 10.5. The monoisotopic (exact) mass is 289 g/mol. The second-order valence-corrected chi connectivity index (χ2v) is 4.59. The van der Waals surface area contributed by atoms with Crippen molar-refractivity contribution in [1.29, 1.82) is 0 Å². The minimum Gasteiger partial charge on any atom is -0.399 e. The Labute approximate surface area is 117 Å². The van der Waals surface area contributed by atoms with Crippen LogP contribution in [-0.2, 0) is 4.79 Å². The number of halogens is 2. The lowest BCUT2D eigenvalue weighted by molar-refractivity contribution is -0.128. The van der Waals surface area contributed by atoms with E-state index in [-0.39, 0.29) is 12.5 Å². The lowest BCUT2D eigenvalue weighted by Crippen LogP contribution is -2.35. The van der Waals surface area contributed by atoms with Crippen LogP contribution in [0.5, 0.6) is 0 Å². The Morgan fingerprint density at radius 1 is 1.28 bits per heavy atom. The number of nitrogens with zero attached hydrogens (tertiary/aromatic N) is 1. The van der Waals surface area contributed by atoms with E-state index in [1.807, 2.05) is 13.8 Å². The maximum Gasteiger partial charge on any atom is 0.241 e. The van der Waals surface area contributed by atoms with Gasteiger partial charge in [-0.1, -0.05) is 23.2 Å². The predicted molar refractivity (Wildman–Crippen MR) is 77.3 cm³/mol. The Kier molecular flexibility index (Phi) is 5.56. The largest absolute Gasteiger partial charge is 0.399 e. The van der Waals surface area contributed by atoms with Crippen molar-refractivity contribution in [3.05, 3.63) is 22.2 Å². The van der Waals surface area contributed by atoms with Gasteiger partial charge >= 0.3 is 0 Å². The number of hydrogen-bond acceptors (Lipinski definition) is 3. The summed E-state index contributed by atoms with van der Waals surface area (Å²) < 4.78 is 0. The van der Waals surface area contributed by atoms with E-state index in [1.54, 1.807) is 17.0 Å². The molecule has 0 saturated carbocycles. The summed E-state index contributed by atoms with van der Waals surface area (Å²) in [6.45, 7) is 5.39. The van der Waals surface area contributed by atoms with Crippen molar-refractivity contribution >= 4 is 40.5 Å². The number of hydrogen-bond donors (Lipinski definition) is 2. The number of anilines is 2. The first-order valence-electron chi connectivity index (χ1n) is 5.75. The Morgan fingerprint density at radius 3 is 2.22 bits per heavy atom. The van der Waals surface area contributed by atoms with Gasteiger partial charge in [-0.05, 0) is 26.0 Å². The molecule has 0 radical (unpaired) electrons. The Morgan fingerprint density at radius 2 is 1.78 bits per heavy atom. The van der Waals surface area contributed by atoms with Gasteiger partial charge in [0.05, 0.1) is 22.3 Å². The first-order chi connectivity index (χ1) is 8.49. The van der Waals surface area contributed by atoms with Crippen molar-refractivity contribution in [1.82, 2.24) is 4.90 Å². The van der Waals surface area contributed by atoms with Crippen LogP contribution in [0.4, 0.5) is 11.4 Å². The van der Waals surface area contributed by atoms with E-state index in [9.17, 15) is 4.79 Å².